The second kappa shape index (κ2) is 7.32. The minimum Gasteiger partial charge on any atom is -0.437 e. The average molecular weight is 323 g/mol. The maximum absolute atomic E-state index is 12.9. The van der Waals surface area contributed by atoms with Gasteiger partial charge in [-0.25, -0.2) is 9.37 Å². The molecule has 1 N–H and O–H groups in total. The van der Waals surface area contributed by atoms with Gasteiger partial charge in [-0.2, -0.15) is 0 Å². The van der Waals surface area contributed by atoms with Crippen LogP contribution in [0.2, 0.25) is 0 Å². The Labute approximate surface area is 138 Å². The zero-order valence-electron chi connectivity index (χ0n) is 12.6. The monoisotopic (exact) mass is 323 g/mol. The number of pyridine rings is 2. The Bertz CT molecular complexity index is 823. The van der Waals surface area contributed by atoms with Crippen LogP contribution in [0.25, 0.3) is 0 Å². The summed E-state index contributed by atoms with van der Waals surface area (Å²) in [5, 5.41) is 2.76. The number of amides is 1. The average Bonchev–Trinajstić information content (AvgIpc) is 2.62. The van der Waals surface area contributed by atoms with Gasteiger partial charge in [-0.05, 0) is 42.0 Å². The Morgan fingerprint density at radius 2 is 1.88 bits per heavy atom. The van der Waals surface area contributed by atoms with E-state index >= 15 is 0 Å². The fraction of sp³-hybridized carbons (Fsp3) is 0.0556. The van der Waals surface area contributed by atoms with E-state index in [4.69, 9.17) is 4.74 Å². The number of ether oxygens (including phenoxy) is 1. The number of halogens is 1. The van der Waals surface area contributed by atoms with E-state index < -0.39 is 0 Å². The van der Waals surface area contributed by atoms with E-state index in [0.717, 1.165) is 5.56 Å². The first-order chi connectivity index (χ1) is 11.7. The number of rotatable bonds is 5. The van der Waals surface area contributed by atoms with Crippen LogP contribution in [0, 0.1) is 5.82 Å². The molecule has 0 aliphatic rings. The van der Waals surface area contributed by atoms with Gasteiger partial charge in [0, 0.05) is 18.9 Å². The summed E-state index contributed by atoms with van der Waals surface area (Å²) in [7, 11) is 0. The molecule has 3 rings (SSSR count). The molecule has 6 heteroatoms. The van der Waals surface area contributed by atoms with Gasteiger partial charge < -0.3 is 10.1 Å². The number of benzene rings is 1. The van der Waals surface area contributed by atoms with Gasteiger partial charge in [0.25, 0.3) is 5.91 Å². The molecule has 0 bridgehead atoms. The first kappa shape index (κ1) is 15.6. The van der Waals surface area contributed by atoms with Crippen molar-refractivity contribution in [3.63, 3.8) is 0 Å². The molecule has 1 aromatic carbocycles. The van der Waals surface area contributed by atoms with E-state index in [1.54, 1.807) is 48.8 Å². The van der Waals surface area contributed by atoms with Crippen LogP contribution in [0.3, 0.4) is 0 Å². The number of nitrogens with zero attached hydrogens (tertiary/aromatic N) is 2. The minimum atomic E-state index is -0.327. The lowest BCUT2D eigenvalue weighted by Crippen LogP contribution is -2.23. The predicted molar refractivity (Wildman–Crippen MR) is 86.1 cm³/mol. The Balaban J connectivity index is 1.71. The number of hydrogen-bond acceptors (Lipinski definition) is 4. The molecule has 120 valence electrons. The van der Waals surface area contributed by atoms with Crippen molar-refractivity contribution in [3.05, 3.63) is 84.1 Å². The number of aromatic nitrogens is 2. The largest absolute Gasteiger partial charge is 0.437 e. The highest BCUT2D eigenvalue weighted by Crippen LogP contribution is 2.21. The van der Waals surface area contributed by atoms with E-state index in [2.05, 4.69) is 15.3 Å². The summed E-state index contributed by atoms with van der Waals surface area (Å²) in [4.78, 5) is 20.4. The molecule has 3 aromatic rings. The zero-order chi connectivity index (χ0) is 16.8. The summed E-state index contributed by atoms with van der Waals surface area (Å²) in [6.07, 6.45) is 4.71. The van der Waals surface area contributed by atoms with Gasteiger partial charge in [0.1, 0.15) is 17.1 Å². The predicted octanol–water partition coefficient (Wildman–Crippen LogP) is 3.34. The number of hydrogen-bond donors (Lipinski definition) is 1. The van der Waals surface area contributed by atoms with E-state index in [9.17, 15) is 9.18 Å². The van der Waals surface area contributed by atoms with Gasteiger partial charge in [-0.15, -0.1) is 0 Å². The Kier molecular flexibility index (Phi) is 4.76. The van der Waals surface area contributed by atoms with Crippen LogP contribution in [-0.2, 0) is 6.54 Å². The fourth-order valence-corrected chi connectivity index (χ4v) is 2.04. The highest BCUT2D eigenvalue weighted by molar-refractivity contribution is 5.96. The topological polar surface area (TPSA) is 64.1 Å². The Morgan fingerprint density at radius 1 is 1.08 bits per heavy atom. The van der Waals surface area contributed by atoms with Gasteiger partial charge in [-0.1, -0.05) is 12.1 Å². The summed E-state index contributed by atoms with van der Waals surface area (Å²) < 4.78 is 18.5. The van der Waals surface area contributed by atoms with Crippen LogP contribution in [0.1, 0.15) is 15.9 Å². The van der Waals surface area contributed by atoms with Crippen molar-refractivity contribution in [1.82, 2.24) is 15.3 Å². The molecular weight excluding hydrogens is 309 g/mol. The van der Waals surface area contributed by atoms with Gasteiger partial charge in [0.15, 0.2) is 0 Å². The van der Waals surface area contributed by atoms with Gasteiger partial charge in [0.2, 0.25) is 5.88 Å². The van der Waals surface area contributed by atoms with Crippen LogP contribution in [0.15, 0.2) is 67.1 Å². The fourth-order valence-electron chi connectivity index (χ4n) is 2.04. The van der Waals surface area contributed by atoms with Crippen LogP contribution >= 0.6 is 0 Å². The third kappa shape index (κ3) is 3.92. The summed E-state index contributed by atoms with van der Waals surface area (Å²) in [5.41, 5.74) is 1.10. The zero-order valence-corrected chi connectivity index (χ0v) is 12.6. The summed E-state index contributed by atoms with van der Waals surface area (Å²) in [6, 6.07) is 12.7. The van der Waals surface area contributed by atoms with Crippen molar-refractivity contribution in [2.24, 2.45) is 0 Å². The quantitative estimate of drug-likeness (QED) is 0.782. The molecule has 2 aromatic heterocycles. The van der Waals surface area contributed by atoms with E-state index in [-0.39, 0.29) is 24.1 Å². The molecule has 24 heavy (non-hydrogen) atoms. The highest BCUT2D eigenvalue weighted by atomic mass is 19.1. The lowest BCUT2D eigenvalue weighted by atomic mass is 10.2. The normalized spacial score (nSPS) is 10.2. The first-order valence-corrected chi connectivity index (χ1v) is 7.28. The van der Waals surface area contributed by atoms with E-state index in [0.29, 0.717) is 11.3 Å². The molecule has 5 nitrogen and oxygen atoms in total. The first-order valence-electron chi connectivity index (χ1n) is 7.28. The molecule has 1 amide bonds. The van der Waals surface area contributed by atoms with Crippen LogP contribution in [0.4, 0.5) is 4.39 Å². The Hall–Kier alpha value is -3.28. The lowest BCUT2D eigenvalue weighted by Gasteiger charge is -2.10. The summed E-state index contributed by atoms with van der Waals surface area (Å²) in [5.74, 6) is 0.0432. The second-order valence-corrected chi connectivity index (χ2v) is 4.96. The Morgan fingerprint density at radius 3 is 2.62 bits per heavy atom. The highest BCUT2D eigenvalue weighted by Gasteiger charge is 2.14. The smallest absolute Gasteiger partial charge is 0.257 e. The van der Waals surface area contributed by atoms with E-state index in [1.165, 1.54) is 18.3 Å². The van der Waals surface area contributed by atoms with Gasteiger partial charge in [-0.3, -0.25) is 9.78 Å². The molecule has 0 saturated heterocycles. The summed E-state index contributed by atoms with van der Waals surface area (Å²) in [6.45, 7) is 0.278. The van der Waals surface area contributed by atoms with Crippen LogP contribution in [0.5, 0.6) is 11.6 Å². The maximum Gasteiger partial charge on any atom is 0.257 e. The third-order valence-electron chi connectivity index (χ3n) is 3.23. The van der Waals surface area contributed by atoms with Crippen molar-refractivity contribution >= 4 is 5.91 Å². The maximum atomic E-state index is 12.9. The molecule has 0 saturated carbocycles. The molecular formula is C18H14FN3O2. The number of nitrogens with one attached hydrogen (secondary N) is 1. The minimum absolute atomic E-state index is 0.196. The molecule has 0 fully saturated rings. The van der Waals surface area contributed by atoms with Crippen molar-refractivity contribution in [3.8, 4) is 11.6 Å². The van der Waals surface area contributed by atoms with Crippen LogP contribution < -0.4 is 10.1 Å². The van der Waals surface area contributed by atoms with Crippen molar-refractivity contribution in [2.45, 2.75) is 6.54 Å². The van der Waals surface area contributed by atoms with Crippen molar-refractivity contribution < 1.29 is 13.9 Å². The van der Waals surface area contributed by atoms with Gasteiger partial charge >= 0.3 is 0 Å². The third-order valence-corrected chi connectivity index (χ3v) is 3.23. The number of carbonyl (C=O) groups is 1. The lowest BCUT2D eigenvalue weighted by molar-refractivity contribution is 0.0948. The molecule has 0 radical (unpaired) electrons. The molecule has 2 heterocycles. The van der Waals surface area contributed by atoms with Crippen molar-refractivity contribution in [2.75, 3.05) is 0 Å². The molecule has 0 spiro atoms. The molecule has 0 aliphatic heterocycles. The second-order valence-electron chi connectivity index (χ2n) is 4.96. The number of carbonyl (C=O) groups excluding carboxylic acids is 1. The molecule has 0 unspecified atom stereocenters. The van der Waals surface area contributed by atoms with Crippen molar-refractivity contribution in [1.29, 1.82) is 0 Å². The summed E-state index contributed by atoms with van der Waals surface area (Å²) >= 11 is 0. The van der Waals surface area contributed by atoms with E-state index in [1.807, 2.05) is 0 Å². The van der Waals surface area contributed by atoms with Crippen LogP contribution in [-0.4, -0.2) is 15.9 Å². The standard InChI is InChI=1S/C18H14FN3O2/c19-14-7-5-13(6-8-14)11-22-17(23)16-4-2-10-21-18(16)24-15-3-1-9-20-12-15/h1-10,12H,11H2,(H,22,23). The van der Waals surface area contributed by atoms with Gasteiger partial charge in [0.05, 0.1) is 6.20 Å². The molecule has 0 atom stereocenters. The molecule has 0 aliphatic carbocycles. The SMILES string of the molecule is O=C(NCc1ccc(F)cc1)c1cccnc1Oc1cccnc1.